The molecule has 0 bridgehead atoms. The predicted molar refractivity (Wildman–Crippen MR) is 102 cm³/mol. The van der Waals surface area contributed by atoms with Crippen LogP contribution >= 0.6 is 0 Å². The normalized spacial score (nSPS) is 12.6. The van der Waals surface area contributed by atoms with Gasteiger partial charge in [-0.1, -0.05) is 24.3 Å². The number of benzene rings is 3. The van der Waals surface area contributed by atoms with Crippen molar-refractivity contribution >= 4 is 29.2 Å². The van der Waals surface area contributed by atoms with E-state index in [9.17, 15) is 24.5 Å². The van der Waals surface area contributed by atoms with E-state index in [-0.39, 0.29) is 22.7 Å². The topological polar surface area (TPSA) is 107 Å². The van der Waals surface area contributed by atoms with Crippen molar-refractivity contribution in [1.82, 2.24) is 0 Å². The number of fused-ring (bicyclic) bond motifs is 1. The van der Waals surface area contributed by atoms with Gasteiger partial charge in [-0.15, -0.1) is 0 Å². The molecule has 0 spiro atoms. The van der Waals surface area contributed by atoms with Crippen LogP contribution < -0.4 is 9.64 Å². The molecule has 3 aromatic rings. The van der Waals surface area contributed by atoms with Crippen molar-refractivity contribution in [3.05, 3.63) is 99.6 Å². The molecular weight excluding hydrogens is 376 g/mol. The number of nitro benzene ring substituents is 1. The fourth-order valence-electron chi connectivity index (χ4n) is 3.02. The van der Waals surface area contributed by atoms with Crippen LogP contribution in [0.3, 0.4) is 0 Å². The number of non-ortho nitro benzene ring substituents is 1. The SMILES string of the molecule is O=C(Oc1cccc(N2C(=O)c3ccccc3C2=O)c1)c1cccc([N+](=O)[O-])c1. The molecule has 0 aromatic heterocycles. The maximum atomic E-state index is 12.6. The summed E-state index contributed by atoms with van der Waals surface area (Å²) in [5.41, 5.74) is 0.623. The van der Waals surface area contributed by atoms with E-state index in [0.717, 1.165) is 11.0 Å². The van der Waals surface area contributed by atoms with E-state index in [1.54, 1.807) is 30.3 Å². The van der Waals surface area contributed by atoms with E-state index in [1.807, 2.05) is 0 Å². The predicted octanol–water partition coefficient (Wildman–Crippen LogP) is 3.61. The smallest absolute Gasteiger partial charge is 0.343 e. The Morgan fingerprint density at radius 2 is 1.52 bits per heavy atom. The first kappa shape index (κ1) is 18.1. The minimum absolute atomic E-state index is 0.00494. The molecule has 1 aliphatic heterocycles. The molecule has 1 heterocycles. The summed E-state index contributed by atoms with van der Waals surface area (Å²) in [4.78, 5) is 48.8. The molecule has 8 nitrogen and oxygen atoms in total. The first-order chi connectivity index (χ1) is 14.0. The number of anilines is 1. The first-order valence-electron chi connectivity index (χ1n) is 8.50. The van der Waals surface area contributed by atoms with Crippen LogP contribution in [0.5, 0.6) is 5.75 Å². The van der Waals surface area contributed by atoms with E-state index in [1.165, 1.54) is 36.4 Å². The number of ether oxygens (including phenoxy) is 1. The molecule has 8 heteroatoms. The lowest BCUT2D eigenvalue weighted by Gasteiger charge is -2.15. The lowest BCUT2D eigenvalue weighted by molar-refractivity contribution is -0.384. The maximum absolute atomic E-state index is 12.6. The van der Waals surface area contributed by atoms with Gasteiger partial charge in [-0.2, -0.15) is 0 Å². The van der Waals surface area contributed by atoms with Gasteiger partial charge in [-0.25, -0.2) is 9.69 Å². The van der Waals surface area contributed by atoms with Crippen molar-refractivity contribution in [1.29, 1.82) is 0 Å². The lowest BCUT2D eigenvalue weighted by atomic mass is 10.1. The highest BCUT2D eigenvalue weighted by molar-refractivity contribution is 6.34. The summed E-state index contributed by atoms with van der Waals surface area (Å²) in [5, 5.41) is 10.9. The van der Waals surface area contributed by atoms with Gasteiger partial charge in [0.2, 0.25) is 0 Å². The highest BCUT2D eigenvalue weighted by Crippen LogP contribution is 2.30. The highest BCUT2D eigenvalue weighted by Gasteiger charge is 2.36. The third kappa shape index (κ3) is 3.23. The summed E-state index contributed by atoms with van der Waals surface area (Å²) >= 11 is 0. The van der Waals surface area contributed by atoms with Gasteiger partial charge in [0.1, 0.15) is 5.75 Å². The van der Waals surface area contributed by atoms with Crippen LogP contribution in [0, 0.1) is 10.1 Å². The van der Waals surface area contributed by atoms with Crippen molar-refractivity contribution in [2.75, 3.05) is 4.90 Å². The third-order valence-corrected chi connectivity index (χ3v) is 4.37. The second-order valence-electron chi connectivity index (χ2n) is 6.19. The van der Waals surface area contributed by atoms with E-state index in [4.69, 9.17) is 4.74 Å². The van der Waals surface area contributed by atoms with Crippen molar-refractivity contribution in [3.63, 3.8) is 0 Å². The van der Waals surface area contributed by atoms with Gasteiger partial charge in [-0.3, -0.25) is 19.7 Å². The van der Waals surface area contributed by atoms with Crippen LogP contribution in [0.25, 0.3) is 0 Å². The Bertz CT molecular complexity index is 1150. The molecule has 1 aliphatic rings. The molecule has 0 radical (unpaired) electrons. The number of carbonyl (C=O) groups excluding carboxylic acids is 3. The summed E-state index contributed by atoms with van der Waals surface area (Å²) in [6, 6.07) is 17.6. The zero-order chi connectivity index (χ0) is 20.5. The van der Waals surface area contributed by atoms with Crippen LogP contribution in [0.4, 0.5) is 11.4 Å². The number of hydrogen-bond acceptors (Lipinski definition) is 6. The van der Waals surface area contributed by atoms with Crippen molar-refractivity contribution in [2.45, 2.75) is 0 Å². The molecule has 29 heavy (non-hydrogen) atoms. The Kier molecular flexibility index (Phi) is 4.36. The van der Waals surface area contributed by atoms with Gasteiger partial charge >= 0.3 is 5.97 Å². The fraction of sp³-hybridized carbons (Fsp3) is 0. The van der Waals surface area contributed by atoms with E-state index < -0.39 is 22.7 Å². The standard InChI is InChI=1S/C21H12N2O6/c24-19-17-9-1-2-10-18(17)20(25)22(19)14-6-4-8-16(12-14)29-21(26)13-5-3-7-15(11-13)23(27)28/h1-12H. The van der Waals surface area contributed by atoms with Crippen molar-refractivity contribution in [3.8, 4) is 5.75 Å². The molecule has 0 fully saturated rings. The molecule has 3 aromatic carbocycles. The number of nitrogens with zero attached hydrogens (tertiary/aromatic N) is 2. The summed E-state index contributed by atoms with van der Waals surface area (Å²) in [6.07, 6.45) is 0. The zero-order valence-electron chi connectivity index (χ0n) is 14.8. The number of nitro groups is 1. The Balaban J connectivity index is 1.60. The van der Waals surface area contributed by atoms with Crippen LogP contribution in [-0.4, -0.2) is 22.7 Å². The van der Waals surface area contributed by atoms with Gasteiger partial charge in [0.25, 0.3) is 17.5 Å². The average molecular weight is 388 g/mol. The Morgan fingerprint density at radius 1 is 0.862 bits per heavy atom. The molecule has 0 atom stereocenters. The van der Waals surface area contributed by atoms with E-state index in [0.29, 0.717) is 11.1 Å². The summed E-state index contributed by atoms with van der Waals surface area (Å²) < 4.78 is 5.27. The Hall–Kier alpha value is -4.33. The molecule has 0 N–H and O–H groups in total. The molecule has 0 saturated carbocycles. The van der Waals surface area contributed by atoms with Gasteiger partial charge < -0.3 is 4.74 Å². The minimum atomic E-state index is -0.798. The monoisotopic (exact) mass is 388 g/mol. The molecule has 0 saturated heterocycles. The van der Waals surface area contributed by atoms with Crippen LogP contribution in [0.2, 0.25) is 0 Å². The number of imide groups is 1. The highest BCUT2D eigenvalue weighted by atomic mass is 16.6. The van der Waals surface area contributed by atoms with Crippen molar-refractivity contribution < 1.29 is 24.0 Å². The quantitative estimate of drug-likeness (QED) is 0.222. The number of carbonyl (C=O) groups is 3. The number of esters is 1. The van der Waals surface area contributed by atoms with Crippen LogP contribution in [0.15, 0.2) is 72.8 Å². The Morgan fingerprint density at radius 3 is 2.17 bits per heavy atom. The van der Waals surface area contributed by atoms with Gasteiger partial charge in [0, 0.05) is 18.2 Å². The number of hydrogen-bond donors (Lipinski definition) is 0. The molecule has 2 amide bonds. The average Bonchev–Trinajstić information content (AvgIpc) is 2.99. The Labute approximate surface area is 164 Å². The second-order valence-corrected chi connectivity index (χ2v) is 6.19. The van der Waals surface area contributed by atoms with Gasteiger partial charge in [-0.05, 0) is 30.3 Å². The summed E-state index contributed by atoms with van der Waals surface area (Å²) in [5.74, 6) is -1.63. The molecule has 0 aliphatic carbocycles. The number of rotatable bonds is 4. The van der Waals surface area contributed by atoms with E-state index in [2.05, 4.69) is 0 Å². The van der Waals surface area contributed by atoms with Gasteiger partial charge in [0.15, 0.2) is 0 Å². The maximum Gasteiger partial charge on any atom is 0.343 e. The molecule has 4 rings (SSSR count). The molecule has 0 unspecified atom stereocenters. The minimum Gasteiger partial charge on any atom is -0.423 e. The van der Waals surface area contributed by atoms with Crippen LogP contribution in [0.1, 0.15) is 31.1 Å². The second kappa shape index (κ2) is 7.01. The lowest BCUT2D eigenvalue weighted by Crippen LogP contribution is -2.29. The van der Waals surface area contributed by atoms with Crippen LogP contribution in [-0.2, 0) is 0 Å². The summed E-state index contributed by atoms with van der Waals surface area (Å²) in [6.45, 7) is 0. The van der Waals surface area contributed by atoms with Crippen molar-refractivity contribution in [2.24, 2.45) is 0 Å². The molecular formula is C21H12N2O6. The first-order valence-corrected chi connectivity index (χ1v) is 8.50. The summed E-state index contributed by atoms with van der Waals surface area (Å²) in [7, 11) is 0. The third-order valence-electron chi connectivity index (χ3n) is 4.37. The van der Waals surface area contributed by atoms with Gasteiger partial charge in [0.05, 0.1) is 27.3 Å². The van der Waals surface area contributed by atoms with E-state index >= 15 is 0 Å². The molecule has 142 valence electrons. The largest absolute Gasteiger partial charge is 0.423 e. The number of amides is 2. The fourth-order valence-corrected chi connectivity index (χ4v) is 3.02. The zero-order valence-corrected chi connectivity index (χ0v) is 14.8.